The summed E-state index contributed by atoms with van der Waals surface area (Å²) in [5.41, 5.74) is -1.84. The van der Waals surface area contributed by atoms with Gasteiger partial charge < -0.3 is 34.4 Å². The highest BCUT2D eigenvalue weighted by atomic mass is 16.7. The summed E-state index contributed by atoms with van der Waals surface area (Å²) >= 11 is 0. The van der Waals surface area contributed by atoms with Gasteiger partial charge in [0, 0.05) is 17.9 Å². The van der Waals surface area contributed by atoms with Crippen LogP contribution in [0.2, 0.25) is 0 Å². The third-order valence-corrected chi connectivity index (χ3v) is 7.90. The van der Waals surface area contributed by atoms with E-state index in [1.54, 1.807) is 13.8 Å². The molecule has 0 unspecified atom stereocenters. The quantitative estimate of drug-likeness (QED) is 0.354. The van der Waals surface area contributed by atoms with Crippen LogP contribution in [0.4, 0.5) is 0 Å². The summed E-state index contributed by atoms with van der Waals surface area (Å²) in [5.74, 6) is -4.47. The summed E-state index contributed by atoms with van der Waals surface area (Å²) in [4.78, 5) is 41.3. The van der Waals surface area contributed by atoms with E-state index < -0.39 is 65.8 Å². The Morgan fingerprint density at radius 2 is 1.71 bits per heavy atom. The summed E-state index contributed by atoms with van der Waals surface area (Å²) < 4.78 is 17.7. The number of carbonyl (C=O) groups is 3. The topological polar surface area (TPSA) is 143 Å². The lowest BCUT2D eigenvalue weighted by Crippen LogP contribution is -2.56. The van der Waals surface area contributed by atoms with Gasteiger partial charge in [0.1, 0.15) is 17.6 Å². The molecule has 0 amide bonds. The first-order valence-corrected chi connectivity index (χ1v) is 13.5. The van der Waals surface area contributed by atoms with Crippen LogP contribution in [0.25, 0.3) is 0 Å². The van der Waals surface area contributed by atoms with Crippen LogP contribution in [0, 0.1) is 23.7 Å². The molecule has 38 heavy (non-hydrogen) atoms. The van der Waals surface area contributed by atoms with Crippen molar-refractivity contribution in [3.05, 3.63) is 12.2 Å². The number of ketones is 2. The number of cyclic esters (lactones) is 1. The number of likely N-dealkylation sites (N-methyl/N-ethyl adjacent to an activating group) is 1. The molecular weight excluding hydrogens is 494 g/mol. The van der Waals surface area contributed by atoms with E-state index in [0.717, 1.165) is 0 Å². The molecule has 0 aliphatic carbocycles. The molecule has 0 aromatic carbocycles. The molecule has 0 radical (unpaired) electrons. The third kappa shape index (κ3) is 7.70. The van der Waals surface area contributed by atoms with Crippen molar-refractivity contribution in [3.8, 4) is 0 Å². The van der Waals surface area contributed by atoms with Gasteiger partial charge in [-0.25, -0.2) is 0 Å². The lowest BCUT2D eigenvalue weighted by molar-refractivity contribution is -0.278. The Labute approximate surface area is 226 Å². The number of hydrogen-bond donors (Lipinski definition) is 3. The van der Waals surface area contributed by atoms with Gasteiger partial charge >= 0.3 is 5.97 Å². The summed E-state index contributed by atoms with van der Waals surface area (Å²) in [5, 5.41) is 32.1. The molecule has 0 spiro atoms. The zero-order valence-electron chi connectivity index (χ0n) is 24.2. The Balaban J connectivity index is 2.46. The van der Waals surface area contributed by atoms with Gasteiger partial charge in [-0.3, -0.25) is 14.4 Å². The largest absolute Gasteiger partial charge is 0.456 e. The minimum absolute atomic E-state index is 0.194. The molecule has 0 bridgehead atoms. The Morgan fingerprint density at radius 1 is 1.11 bits per heavy atom. The molecule has 12 atom stereocenters. The van der Waals surface area contributed by atoms with E-state index >= 15 is 0 Å². The van der Waals surface area contributed by atoms with Crippen molar-refractivity contribution in [2.45, 2.75) is 110 Å². The first kappa shape index (κ1) is 32.5. The summed E-state index contributed by atoms with van der Waals surface area (Å²) in [7, 11) is 3.73. The third-order valence-electron chi connectivity index (χ3n) is 7.90. The highest BCUT2D eigenvalue weighted by Gasteiger charge is 2.44. The van der Waals surface area contributed by atoms with Crippen molar-refractivity contribution < 1.29 is 43.9 Å². The molecule has 10 heteroatoms. The van der Waals surface area contributed by atoms with Crippen molar-refractivity contribution >= 4 is 17.5 Å². The number of nitrogens with zero attached hydrogens (tertiary/aromatic N) is 1. The molecule has 0 aromatic heterocycles. The number of allylic oxidation sites excluding steroid dienone is 1. The van der Waals surface area contributed by atoms with Crippen molar-refractivity contribution in [2.24, 2.45) is 23.7 Å². The van der Waals surface area contributed by atoms with Gasteiger partial charge in [-0.2, -0.15) is 0 Å². The Kier molecular flexibility index (Phi) is 11.2. The molecule has 2 aliphatic heterocycles. The minimum Gasteiger partial charge on any atom is -0.456 e. The van der Waals surface area contributed by atoms with Gasteiger partial charge in [-0.15, -0.1) is 0 Å². The second-order valence-electron chi connectivity index (χ2n) is 11.8. The van der Waals surface area contributed by atoms with Crippen LogP contribution in [0.3, 0.4) is 0 Å². The summed E-state index contributed by atoms with van der Waals surface area (Å²) in [6.45, 7) is 11.2. The fourth-order valence-electron chi connectivity index (χ4n) is 5.48. The fourth-order valence-corrected chi connectivity index (χ4v) is 5.48. The SMILES string of the molecule is C[C@H]1C(=O)O[C@H]([C@@H](C)O)[C@@](C)(O)/C=C/C(=O)[C@H](C)C[C@H](C)[C@H](O[C@H]2O[C@H](C)C[C@H](N(C)C)[C@H]2O)[C@@H](C)C1=O. The van der Waals surface area contributed by atoms with E-state index in [2.05, 4.69) is 0 Å². The van der Waals surface area contributed by atoms with Gasteiger partial charge in [0.25, 0.3) is 0 Å². The smallest absolute Gasteiger partial charge is 0.316 e. The molecule has 1 fully saturated rings. The minimum atomic E-state index is -1.84. The number of aliphatic hydroxyl groups excluding tert-OH is 2. The van der Waals surface area contributed by atoms with E-state index in [9.17, 15) is 29.7 Å². The molecule has 2 heterocycles. The van der Waals surface area contributed by atoms with Gasteiger partial charge in [-0.05, 0) is 72.7 Å². The zero-order valence-corrected chi connectivity index (χ0v) is 24.2. The predicted octanol–water partition coefficient (Wildman–Crippen LogP) is 1.48. The maximum atomic E-state index is 13.5. The van der Waals surface area contributed by atoms with Crippen molar-refractivity contribution in [1.29, 1.82) is 0 Å². The number of hydrogen-bond acceptors (Lipinski definition) is 10. The molecular formula is C28H47NO9. The van der Waals surface area contributed by atoms with Crippen LogP contribution < -0.4 is 0 Å². The summed E-state index contributed by atoms with van der Waals surface area (Å²) in [6, 6.07) is -0.215. The lowest BCUT2D eigenvalue weighted by Gasteiger charge is -2.43. The highest BCUT2D eigenvalue weighted by molar-refractivity contribution is 6.00. The van der Waals surface area contributed by atoms with Crippen molar-refractivity contribution in [1.82, 2.24) is 4.90 Å². The summed E-state index contributed by atoms with van der Waals surface area (Å²) in [6.07, 6.45) is -2.21. The Hall–Kier alpha value is -1.69. The van der Waals surface area contributed by atoms with Crippen molar-refractivity contribution in [2.75, 3.05) is 14.1 Å². The number of rotatable bonds is 4. The van der Waals surface area contributed by atoms with E-state index in [1.807, 2.05) is 32.8 Å². The number of ether oxygens (including phenoxy) is 3. The van der Waals surface area contributed by atoms with Crippen LogP contribution >= 0.6 is 0 Å². The average molecular weight is 542 g/mol. The average Bonchev–Trinajstić information content (AvgIpc) is 2.83. The van der Waals surface area contributed by atoms with E-state index in [4.69, 9.17) is 14.2 Å². The molecule has 1 saturated heterocycles. The van der Waals surface area contributed by atoms with Gasteiger partial charge in [0.2, 0.25) is 0 Å². The highest BCUT2D eigenvalue weighted by Crippen LogP contribution is 2.32. The van der Waals surface area contributed by atoms with Gasteiger partial charge in [-0.1, -0.05) is 20.8 Å². The van der Waals surface area contributed by atoms with Crippen LogP contribution in [-0.2, 0) is 28.6 Å². The lowest BCUT2D eigenvalue weighted by atomic mass is 9.80. The molecule has 0 saturated carbocycles. The molecule has 2 rings (SSSR count). The second-order valence-corrected chi connectivity index (χ2v) is 11.8. The van der Waals surface area contributed by atoms with E-state index in [-0.39, 0.29) is 23.8 Å². The van der Waals surface area contributed by atoms with Crippen LogP contribution in [0.15, 0.2) is 12.2 Å². The number of carbonyl (C=O) groups excluding carboxylic acids is 3. The van der Waals surface area contributed by atoms with Crippen molar-refractivity contribution in [3.63, 3.8) is 0 Å². The van der Waals surface area contributed by atoms with Crippen LogP contribution in [-0.4, -0.2) is 100 Å². The van der Waals surface area contributed by atoms with Gasteiger partial charge in [0.05, 0.1) is 18.3 Å². The Morgan fingerprint density at radius 3 is 2.26 bits per heavy atom. The first-order chi connectivity index (χ1) is 17.5. The number of aliphatic hydroxyl groups is 3. The zero-order chi connectivity index (χ0) is 29.1. The molecule has 0 aromatic rings. The monoisotopic (exact) mass is 541 g/mol. The molecule has 2 aliphatic rings. The standard InChI is InChI=1S/C28H47NO9/c1-14-12-15(2)24(37-27-23(33)20(29(8)9)13-16(3)36-27)17(4)22(32)18(5)26(34)38-25(19(6)30)28(7,35)11-10-21(14)31/h10-11,14-20,23-25,27,30,33,35H,12-13H2,1-9H3/b11-10+/t14-,15+,16-,17+,18-,19-,20+,23-,24+,25-,27-,28+/m1/s1. The Bertz CT molecular complexity index is 870. The maximum Gasteiger partial charge on any atom is 0.316 e. The van der Waals surface area contributed by atoms with Crippen LogP contribution in [0.1, 0.15) is 61.3 Å². The van der Waals surface area contributed by atoms with Crippen LogP contribution in [0.5, 0.6) is 0 Å². The first-order valence-electron chi connectivity index (χ1n) is 13.5. The molecule has 3 N–H and O–H groups in total. The molecule has 10 nitrogen and oxygen atoms in total. The maximum absolute atomic E-state index is 13.5. The normalized spacial score (nSPS) is 43.9. The molecule has 218 valence electrons. The van der Waals surface area contributed by atoms with Gasteiger partial charge in [0.15, 0.2) is 24.0 Å². The number of esters is 1. The van der Waals surface area contributed by atoms with E-state index in [0.29, 0.717) is 12.8 Å². The predicted molar refractivity (Wildman–Crippen MR) is 140 cm³/mol. The van der Waals surface area contributed by atoms with E-state index in [1.165, 1.54) is 32.9 Å². The second kappa shape index (κ2) is 13.1. The number of Topliss-reactive ketones (excluding diaryl/α,β-unsaturated/α-hetero) is 1. The fraction of sp³-hybridized carbons (Fsp3) is 0.821.